The van der Waals surface area contributed by atoms with Crippen molar-refractivity contribution in [2.24, 2.45) is 0 Å². The van der Waals surface area contributed by atoms with Crippen LogP contribution < -0.4 is 5.32 Å². The summed E-state index contributed by atoms with van der Waals surface area (Å²) < 4.78 is 18.7. The van der Waals surface area contributed by atoms with Crippen molar-refractivity contribution >= 4 is 33.5 Å². The van der Waals surface area contributed by atoms with Crippen LogP contribution in [0.3, 0.4) is 0 Å². The molecule has 0 aliphatic rings. The maximum Gasteiger partial charge on any atom is 0.332 e. The molecule has 0 heterocycles. The van der Waals surface area contributed by atoms with E-state index in [9.17, 15) is 14.0 Å². The zero-order valence-corrected chi connectivity index (χ0v) is 11.0. The van der Waals surface area contributed by atoms with Gasteiger partial charge in [0.05, 0.1) is 5.69 Å². The minimum Gasteiger partial charge on any atom is -0.479 e. The van der Waals surface area contributed by atoms with Crippen molar-refractivity contribution in [1.29, 1.82) is 0 Å². The summed E-state index contributed by atoms with van der Waals surface area (Å²) in [5, 5.41) is 10.8. The number of aliphatic carboxylic acids is 1. The van der Waals surface area contributed by atoms with E-state index in [0.29, 0.717) is 4.47 Å². The SMILES string of the molecule is C[C@@H](OCC(=O)Nc1ccc(Br)cc1F)C(=O)O. The van der Waals surface area contributed by atoms with Crippen molar-refractivity contribution in [2.75, 3.05) is 11.9 Å². The normalized spacial score (nSPS) is 11.9. The molecule has 7 heteroatoms. The summed E-state index contributed by atoms with van der Waals surface area (Å²) in [6.07, 6.45) is -1.09. The maximum atomic E-state index is 13.4. The van der Waals surface area contributed by atoms with Gasteiger partial charge in [0, 0.05) is 4.47 Å². The minimum atomic E-state index is -1.17. The monoisotopic (exact) mass is 319 g/mol. The first-order valence-corrected chi connectivity index (χ1v) is 5.78. The van der Waals surface area contributed by atoms with E-state index in [4.69, 9.17) is 9.84 Å². The lowest BCUT2D eigenvalue weighted by molar-refractivity contribution is -0.150. The Morgan fingerprint density at radius 3 is 2.78 bits per heavy atom. The highest BCUT2D eigenvalue weighted by Gasteiger charge is 2.14. The number of nitrogens with one attached hydrogen (secondary N) is 1. The molecule has 0 unspecified atom stereocenters. The van der Waals surface area contributed by atoms with Crippen LogP contribution in [0.2, 0.25) is 0 Å². The summed E-state index contributed by atoms with van der Waals surface area (Å²) in [6.45, 7) is 0.846. The molecule has 0 spiro atoms. The van der Waals surface area contributed by atoms with Gasteiger partial charge in [0.2, 0.25) is 5.91 Å². The lowest BCUT2D eigenvalue weighted by Gasteiger charge is -2.09. The highest BCUT2D eigenvalue weighted by Crippen LogP contribution is 2.19. The molecule has 1 atom stereocenters. The van der Waals surface area contributed by atoms with Crippen LogP contribution in [0.15, 0.2) is 22.7 Å². The predicted molar refractivity (Wildman–Crippen MR) is 65.8 cm³/mol. The maximum absolute atomic E-state index is 13.4. The molecule has 0 aromatic heterocycles. The van der Waals surface area contributed by atoms with Gasteiger partial charge in [-0.15, -0.1) is 0 Å². The second kappa shape index (κ2) is 6.46. The van der Waals surface area contributed by atoms with Crippen LogP contribution in [0.5, 0.6) is 0 Å². The largest absolute Gasteiger partial charge is 0.479 e. The Balaban J connectivity index is 2.52. The van der Waals surface area contributed by atoms with Gasteiger partial charge in [-0.2, -0.15) is 0 Å². The van der Waals surface area contributed by atoms with E-state index in [0.717, 1.165) is 0 Å². The molecular formula is C11H11BrFNO4. The third-order valence-electron chi connectivity index (χ3n) is 2.02. The molecule has 0 saturated carbocycles. The van der Waals surface area contributed by atoms with Gasteiger partial charge in [-0.1, -0.05) is 15.9 Å². The number of ether oxygens (including phenoxy) is 1. The molecule has 1 rings (SSSR count). The first kappa shape index (κ1) is 14.6. The Morgan fingerprint density at radius 2 is 2.22 bits per heavy atom. The second-order valence-corrected chi connectivity index (χ2v) is 4.38. The molecule has 0 fully saturated rings. The number of carboxylic acids is 1. The van der Waals surface area contributed by atoms with Gasteiger partial charge in [0.1, 0.15) is 12.4 Å². The van der Waals surface area contributed by atoms with E-state index in [1.54, 1.807) is 6.07 Å². The highest BCUT2D eigenvalue weighted by atomic mass is 79.9. The standard InChI is InChI=1S/C11H11BrFNO4/c1-6(11(16)17)18-5-10(15)14-9-3-2-7(12)4-8(9)13/h2-4,6H,5H2,1H3,(H,14,15)(H,16,17)/t6-/m1/s1. The van der Waals surface area contributed by atoms with Crippen LogP contribution in [-0.4, -0.2) is 29.7 Å². The number of hydrogen-bond donors (Lipinski definition) is 2. The number of hydrogen-bond acceptors (Lipinski definition) is 3. The second-order valence-electron chi connectivity index (χ2n) is 3.46. The molecule has 0 bridgehead atoms. The Hall–Kier alpha value is -1.47. The summed E-state index contributed by atoms with van der Waals surface area (Å²) in [4.78, 5) is 21.8. The molecule has 1 amide bonds. The summed E-state index contributed by atoms with van der Waals surface area (Å²) in [5.41, 5.74) is 0.00905. The van der Waals surface area contributed by atoms with E-state index >= 15 is 0 Å². The number of carbonyl (C=O) groups is 2. The molecule has 0 aliphatic carbocycles. The van der Waals surface area contributed by atoms with Gasteiger partial charge in [-0.3, -0.25) is 4.79 Å². The van der Waals surface area contributed by atoms with Crippen LogP contribution >= 0.6 is 15.9 Å². The van der Waals surface area contributed by atoms with Gasteiger partial charge >= 0.3 is 5.97 Å². The predicted octanol–water partition coefficient (Wildman–Crippen LogP) is 2.02. The lowest BCUT2D eigenvalue weighted by atomic mass is 10.3. The van der Waals surface area contributed by atoms with Crippen LogP contribution in [0.4, 0.5) is 10.1 Å². The quantitative estimate of drug-likeness (QED) is 0.870. The summed E-state index contributed by atoms with van der Waals surface area (Å²) in [6, 6.07) is 4.16. The van der Waals surface area contributed by atoms with Crippen molar-refractivity contribution in [3.8, 4) is 0 Å². The van der Waals surface area contributed by atoms with Gasteiger partial charge in [-0.25, -0.2) is 9.18 Å². The minimum absolute atomic E-state index is 0.00905. The fraction of sp³-hybridized carbons (Fsp3) is 0.273. The summed E-state index contributed by atoms with van der Waals surface area (Å²) in [7, 11) is 0. The highest BCUT2D eigenvalue weighted by molar-refractivity contribution is 9.10. The number of anilines is 1. The first-order chi connectivity index (χ1) is 8.40. The van der Waals surface area contributed by atoms with Gasteiger partial charge < -0.3 is 15.2 Å². The van der Waals surface area contributed by atoms with E-state index < -0.39 is 30.4 Å². The smallest absolute Gasteiger partial charge is 0.332 e. The van der Waals surface area contributed by atoms with Gasteiger partial charge in [0.25, 0.3) is 0 Å². The topological polar surface area (TPSA) is 75.6 Å². The van der Waals surface area contributed by atoms with Crippen molar-refractivity contribution in [1.82, 2.24) is 0 Å². The number of benzene rings is 1. The van der Waals surface area contributed by atoms with Crippen molar-refractivity contribution in [3.63, 3.8) is 0 Å². The van der Waals surface area contributed by atoms with Crippen LogP contribution in [-0.2, 0) is 14.3 Å². The van der Waals surface area contributed by atoms with E-state index in [-0.39, 0.29) is 5.69 Å². The number of rotatable bonds is 5. The number of amides is 1. The molecule has 1 aromatic carbocycles. The molecule has 18 heavy (non-hydrogen) atoms. The van der Waals surface area contributed by atoms with Crippen LogP contribution in [0, 0.1) is 5.82 Å². The number of carboxylic acid groups (broad SMARTS) is 1. The van der Waals surface area contributed by atoms with Gasteiger partial charge in [0.15, 0.2) is 6.10 Å². The van der Waals surface area contributed by atoms with Gasteiger partial charge in [-0.05, 0) is 25.1 Å². The average Bonchev–Trinajstić information content (AvgIpc) is 2.29. The van der Waals surface area contributed by atoms with E-state index in [1.165, 1.54) is 19.1 Å². The van der Waals surface area contributed by atoms with E-state index in [2.05, 4.69) is 21.2 Å². The first-order valence-electron chi connectivity index (χ1n) is 4.99. The Bertz CT molecular complexity index is 466. The zero-order valence-electron chi connectivity index (χ0n) is 9.44. The van der Waals surface area contributed by atoms with Crippen LogP contribution in [0.1, 0.15) is 6.92 Å². The van der Waals surface area contributed by atoms with Crippen molar-refractivity contribution < 1.29 is 23.8 Å². The molecule has 0 aliphatic heterocycles. The lowest BCUT2D eigenvalue weighted by Crippen LogP contribution is -2.26. The molecule has 5 nitrogen and oxygen atoms in total. The molecule has 0 saturated heterocycles. The summed E-state index contributed by atoms with van der Waals surface area (Å²) >= 11 is 3.09. The molecule has 98 valence electrons. The third-order valence-corrected chi connectivity index (χ3v) is 2.51. The Kier molecular flexibility index (Phi) is 5.24. The van der Waals surface area contributed by atoms with Crippen molar-refractivity contribution in [3.05, 3.63) is 28.5 Å². The number of carbonyl (C=O) groups excluding carboxylic acids is 1. The summed E-state index contributed by atoms with van der Waals surface area (Å²) in [5.74, 6) is -2.38. The van der Waals surface area contributed by atoms with Crippen LogP contribution in [0.25, 0.3) is 0 Å². The Morgan fingerprint density at radius 1 is 1.56 bits per heavy atom. The average molecular weight is 320 g/mol. The van der Waals surface area contributed by atoms with E-state index in [1.807, 2.05) is 0 Å². The Labute approximate surface area is 111 Å². The molecule has 0 radical (unpaired) electrons. The third kappa shape index (κ3) is 4.42. The van der Waals surface area contributed by atoms with Crippen molar-refractivity contribution in [2.45, 2.75) is 13.0 Å². The molecule has 1 aromatic rings. The fourth-order valence-electron chi connectivity index (χ4n) is 1.05. The molecule has 2 N–H and O–H groups in total. The molecular weight excluding hydrogens is 309 g/mol. The number of halogens is 2. The zero-order chi connectivity index (χ0) is 13.7. The fourth-order valence-corrected chi connectivity index (χ4v) is 1.38.